The number of nitrogens with zero attached hydrogens (tertiary/aromatic N) is 1. The van der Waals surface area contributed by atoms with E-state index in [1.54, 1.807) is 0 Å². The molecule has 142 valence electrons. The van der Waals surface area contributed by atoms with E-state index in [0.717, 1.165) is 4.90 Å². The molecule has 0 unspecified atom stereocenters. The Hall–Kier alpha value is -2.71. The van der Waals surface area contributed by atoms with E-state index in [0.29, 0.717) is 5.75 Å². The second-order valence-electron chi connectivity index (χ2n) is 5.77. The summed E-state index contributed by atoms with van der Waals surface area (Å²) in [6.07, 6.45) is -3.18. The molecule has 1 aliphatic heterocycles. The molecule has 0 saturated carbocycles. The highest BCUT2D eigenvalue weighted by atomic mass is 19.4. The number of aliphatic carboxylic acids is 1. The van der Waals surface area contributed by atoms with Gasteiger partial charge in [0.15, 0.2) is 11.5 Å². The van der Waals surface area contributed by atoms with E-state index in [1.807, 2.05) is 0 Å². The summed E-state index contributed by atoms with van der Waals surface area (Å²) >= 11 is 0. The van der Waals surface area contributed by atoms with Crippen molar-refractivity contribution in [1.82, 2.24) is 4.90 Å². The number of hydrogen-bond donors (Lipinski definition) is 1. The second kappa shape index (κ2) is 7.67. The number of carbonyl (C=O) groups excluding carboxylic acids is 1. The molecule has 2 rings (SSSR count). The molecular formula is C17H18F3NO5. The van der Waals surface area contributed by atoms with E-state index in [-0.39, 0.29) is 17.9 Å². The molecule has 2 atom stereocenters. The first-order chi connectivity index (χ1) is 12.2. The summed E-state index contributed by atoms with van der Waals surface area (Å²) in [5.41, 5.74) is 0.0831. The number of carbonyl (C=O) groups is 2. The number of alkyl halides is 3. The average Bonchev–Trinajstić information content (AvgIpc) is 3.05. The normalized spacial score (nSPS) is 19.9. The Morgan fingerprint density at radius 2 is 2.04 bits per heavy atom. The highest BCUT2D eigenvalue weighted by Gasteiger charge is 2.53. The van der Waals surface area contributed by atoms with Crippen molar-refractivity contribution in [2.75, 3.05) is 26.8 Å². The van der Waals surface area contributed by atoms with Gasteiger partial charge in [-0.3, -0.25) is 9.59 Å². The third-order valence-electron chi connectivity index (χ3n) is 4.11. The monoisotopic (exact) mass is 373 g/mol. The van der Waals surface area contributed by atoms with Gasteiger partial charge in [-0.05, 0) is 18.2 Å². The quantitative estimate of drug-likeness (QED) is 0.776. The molecule has 1 fully saturated rings. The van der Waals surface area contributed by atoms with Crippen LogP contribution in [0.3, 0.4) is 0 Å². The van der Waals surface area contributed by atoms with Gasteiger partial charge in [0.25, 0.3) is 5.91 Å². The standard InChI is InChI=1S/C17H18F3NO5/c1-3-6-26-13-5-4-10(7-14(13)25-2)15(22)21-8-11(16(23)24)12(9-21)17(18,19)20/h3-5,7,11-12H,1,6,8-9H2,2H3,(H,23,24)/t11-,12-/m1/s1. The predicted octanol–water partition coefficient (Wildman–Crippen LogP) is 2.60. The maximum atomic E-state index is 13.1. The Balaban J connectivity index is 2.23. The molecule has 1 amide bonds. The summed E-state index contributed by atoms with van der Waals surface area (Å²) in [7, 11) is 1.36. The number of hydrogen-bond acceptors (Lipinski definition) is 4. The first-order valence-electron chi connectivity index (χ1n) is 7.69. The summed E-state index contributed by atoms with van der Waals surface area (Å²) < 4.78 is 49.6. The molecule has 0 aliphatic carbocycles. The lowest BCUT2D eigenvalue weighted by molar-refractivity contribution is -0.187. The van der Waals surface area contributed by atoms with Crippen LogP contribution in [0.1, 0.15) is 10.4 Å². The van der Waals surface area contributed by atoms with Crippen LogP contribution in [0, 0.1) is 11.8 Å². The minimum atomic E-state index is -4.70. The minimum Gasteiger partial charge on any atom is -0.493 e. The van der Waals surface area contributed by atoms with Crippen molar-refractivity contribution in [3.05, 3.63) is 36.4 Å². The summed E-state index contributed by atoms with van der Waals surface area (Å²) in [6.45, 7) is 2.52. The molecule has 26 heavy (non-hydrogen) atoms. The zero-order chi connectivity index (χ0) is 19.5. The number of carboxylic acid groups (broad SMARTS) is 1. The van der Waals surface area contributed by atoms with E-state index >= 15 is 0 Å². The molecule has 0 bridgehead atoms. The third kappa shape index (κ3) is 4.09. The van der Waals surface area contributed by atoms with Crippen LogP contribution < -0.4 is 9.47 Å². The number of benzene rings is 1. The van der Waals surface area contributed by atoms with Crippen molar-refractivity contribution in [1.29, 1.82) is 0 Å². The van der Waals surface area contributed by atoms with Crippen LogP contribution in [0.4, 0.5) is 13.2 Å². The van der Waals surface area contributed by atoms with Crippen molar-refractivity contribution in [2.45, 2.75) is 6.18 Å². The van der Waals surface area contributed by atoms with Crippen LogP contribution in [-0.2, 0) is 4.79 Å². The lowest BCUT2D eigenvalue weighted by atomic mass is 9.96. The van der Waals surface area contributed by atoms with Crippen LogP contribution in [0.15, 0.2) is 30.9 Å². The fourth-order valence-electron chi connectivity index (χ4n) is 2.80. The zero-order valence-electron chi connectivity index (χ0n) is 14.0. The lowest BCUT2D eigenvalue weighted by Crippen LogP contribution is -2.34. The molecule has 1 saturated heterocycles. The van der Waals surface area contributed by atoms with Gasteiger partial charge < -0.3 is 19.5 Å². The lowest BCUT2D eigenvalue weighted by Gasteiger charge is -2.19. The molecular weight excluding hydrogens is 355 g/mol. The van der Waals surface area contributed by atoms with Gasteiger partial charge in [0, 0.05) is 18.7 Å². The molecule has 9 heteroatoms. The number of methoxy groups -OCH3 is 1. The molecule has 1 aromatic rings. The third-order valence-corrected chi connectivity index (χ3v) is 4.11. The minimum absolute atomic E-state index is 0.0831. The van der Waals surface area contributed by atoms with Gasteiger partial charge in [-0.1, -0.05) is 12.7 Å². The van der Waals surface area contributed by atoms with Crippen LogP contribution in [0.5, 0.6) is 11.5 Å². The molecule has 1 N–H and O–H groups in total. The summed E-state index contributed by atoms with van der Waals surface area (Å²) in [6, 6.07) is 4.19. The number of amides is 1. The Morgan fingerprint density at radius 1 is 1.35 bits per heavy atom. The van der Waals surface area contributed by atoms with E-state index in [4.69, 9.17) is 14.6 Å². The van der Waals surface area contributed by atoms with Gasteiger partial charge in [0.1, 0.15) is 6.61 Å². The van der Waals surface area contributed by atoms with Gasteiger partial charge in [-0.2, -0.15) is 13.2 Å². The van der Waals surface area contributed by atoms with Crippen LogP contribution in [0.2, 0.25) is 0 Å². The molecule has 1 aliphatic rings. The number of carboxylic acids is 1. The first kappa shape index (κ1) is 19.6. The molecule has 0 aromatic heterocycles. The molecule has 0 radical (unpaired) electrons. The molecule has 1 heterocycles. The molecule has 0 spiro atoms. The van der Waals surface area contributed by atoms with E-state index in [2.05, 4.69) is 6.58 Å². The van der Waals surface area contributed by atoms with Crippen LogP contribution >= 0.6 is 0 Å². The van der Waals surface area contributed by atoms with E-state index in [9.17, 15) is 22.8 Å². The average molecular weight is 373 g/mol. The van der Waals surface area contributed by atoms with Crippen LogP contribution in [0.25, 0.3) is 0 Å². The van der Waals surface area contributed by atoms with Crippen molar-refractivity contribution in [2.24, 2.45) is 11.8 Å². The number of rotatable bonds is 6. The van der Waals surface area contributed by atoms with Gasteiger partial charge in [-0.25, -0.2) is 0 Å². The van der Waals surface area contributed by atoms with Crippen LogP contribution in [-0.4, -0.2) is 54.9 Å². The van der Waals surface area contributed by atoms with Crippen molar-refractivity contribution in [3.8, 4) is 11.5 Å². The van der Waals surface area contributed by atoms with E-state index in [1.165, 1.54) is 31.4 Å². The smallest absolute Gasteiger partial charge is 0.394 e. The summed E-state index contributed by atoms with van der Waals surface area (Å²) in [5.74, 6) is -5.47. The van der Waals surface area contributed by atoms with E-state index < -0.39 is 43.0 Å². The number of likely N-dealkylation sites (tertiary alicyclic amines) is 1. The Kier molecular flexibility index (Phi) is 5.79. The van der Waals surface area contributed by atoms with Crippen molar-refractivity contribution >= 4 is 11.9 Å². The molecule has 1 aromatic carbocycles. The largest absolute Gasteiger partial charge is 0.493 e. The Morgan fingerprint density at radius 3 is 2.54 bits per heavy atom. The highest BCUT2D eigenvalue weighted by molar-refractivity contribution is 5.95. The van der Waals surface area contributed by atoms with Gasteiger partial charge in [0.2, 0.25) is 0 Å². The first-order valence-corrected chi connectivity index (χ1v) is 7.69. The van der Waals surface area contributed by atoms with Gasteiger partial charge in [0.05, 0.1) is 18.9 Å². The number of ether oxygens (including phenoxy) is 2. The van der Waals surface area contributed by atoms with Gasteiger partial charge in [-0.15, -0.1) is 0 Å². The fourth-order valence-corrected chi connectivity index (χ4v) is 2.80. The zero-order valence-corrected chi connectivity index (χ0v) is 14.0. The number of halogens is 3. The second-order valence-corrected chi connectivity index (χ2v) is 5.77. The SMILES string of the molecule is C=CCOc1ccc(C(=O)N2C[C@@H](C(F)(F)F)[C@H](C(=O)O)C2)cc1OC. The Labute approximate surface area is 147 Å². The summed E-state index contributed by atoms with van der Waals surface area (Å²) in [4.78, 5) is 24.6. The maximum Gasteiger partial charge on any atom is 0.394 e. The fraction of sp³-hybridized carbons (Fsp3) is 0.412. The summed E-state index contributed by atoms with van der Waals surface area (Å²) in [5, 5.41) is 9.04. The maximum absolute atomic E-state index is 13.1. The highest BCUT2D eigenvalue weighted by Crippen LogP contribution is 2.38. The van der Waals surface area contributed by atoms with Crippen molar-refractivity contribution in [3.63, 3.8) is 0 Å². The van der Waals surface area contributed by atoms with Crippen molar-refractivity contribution < 1.29 is 37.3 Å². The predicted molar refractivity (Wildman–Crippen MR) is 85.3 cm³/mol. The molecule has 6 nitrogen and oxygen atoms in total. The van der Waals surface area contributed by atoms with Gasteiger partial charge >= 0.3 is 12.1 Å². The topological polar surface area (TPSA) is 76.1 Å². The Bertz CT molecular complexity index is 704.